The van der Waals surface area contributed by atoms with Crippen LogP contribution in [0.1, 0.15) is 227 Å². The van der Waals surface area contributed by atoms with Gasteiger partial charge < -0.3 is 52.5 Å². The first-order valence-electron chi connectivity index (χ1n) is 32.7. The molecule has 0 amide bonds. The minimum atomic E-state index is -0.479. The molecule has 0 spiro atoms. The van der Waals surface area contributed by atoms with Gasteiger partial charge in [0.1, 0.15) is 0 Å². The van der Waals surface area contributed by atoms with E-state index in [9.17, 15) is 24.0 Å². The van der Waals surface area contributed by atoms with Gasteiger partial charge >= 0.3 is 29.8 Å². The average Bonchev–Trinajstić information content (AvgIpc) is 2.00. The third-order valence-corrected chi connectivity index (χ3v) is 19.6. The SMILES string of the molecule is CC(OC(=O)CCS)OC1CCCCC1.CC(OC(=O)CCS)OC1CCCCC1.CC(OCC1CCC(CO)CC1)OC(=O)CCS.CC1(OCOC(=O)CCS)C2CC3CC(C2)CC1C3.O=C(CCS)OCOC1CCC2CCCCC2C1. The normalized spacial score (nSPS) is 28.9. The van der Waals surface area contributed by atoms with Crippen LogP contribution in [0.25, 0.3) is 0 Å². The Morgan fingerprint density at radius 3 is 1.32 bits per heavy atom. The Hall–Kier alpha value is -1.14. The third kappa shape index (κ3) is 31.2. The van der Waals surface area contributed by atoms with Crippen molar-refractivity contribution in [2.75, 3.05) is 55.6 Å². The molecule has 494 valence electrons. The van der Waals surface area contributed by atoms with Gasteiger partial charge in [-0.05, 0) is 178 Å². The first kappa shape index (κ1) is 76.3. The van der Waals surface area contributed by atoms with Crippen molar-refractivity contribution in [2.45, 2.75) is 270 Å². The summed E-state index contributed by atoms with van der Waals surface area (Å²) in [7, 11) is 0. The monoisotopic (exact) mass is 1300 g/mol. The number of esters is 5. The van der Waals surface area contributed by atoms with Gasteiger partial charge in [-0.1, -0.05) is 64.2 Å². The van der Waals surface area contributed by atoms with E-state index in [0.29, 0.717) is 104 Å². The van der Waals surface area contributed by atoms with Crippen LogP contribution in [-0.4, -0.2) is 133 Å². The number of carbonyl (C=O) groups excluding carboxylic acids is 5. The number of aliphatic hydroxyl groups excluding tert-OH is 1. The minimum Gasteiger partial charge on any atom is -0.438 e. The van der Waals surface area contributed by atoms with Crippen LogP contribution in [0.15, 0.2) is 0 Å². The first-order chi connectivity index (χ1) is 41.0. The number of fused-ring (bicyclic) bond motifs is 1. The second kappa shape index (κ2) is 44.4. The van der Waals surface area contributed by atoms with Crippen LogP contribution in [0.2, 0.25) is 0 Å². The van der Waals surface area contributed by atoms with Crippen molar-refractivity contribution >= 4 is 93.0 Å². The quantitative estimate of drug-likeness (QED) is 0.0196. The minimum absolute atomic E-state index is 0.0608. The molecular formula is C64H112O16S5. The second-order valence-electron chi connectivity index (χ2n) is 25.0. The molecule has 9 rings (SSSR count). The molecule has 16 nitrogen and oxygen atoms in total. The summed E-state index contributed by atoms with van der Waals surface area (Å²) in [6, 6.07) is 0. The Labute approximate surface area is 538 Å². The molecule has 9 saturated carbocycles. The third-order valence-electron chi connectivity index (χ3n) is 18.5. The van der Waals surface area contributed by atoms with Crippen molar-refractivity contribution in [3.63, 3.8) is 0 Å². The van der Waals surface area contributed by atoms with Gasteiger partial charge in [0.15, 0.2) is 32.5 Å². The summed E-state index contributed by atoms with van der Waals surface area (Å²) < 4.78 is 53.9. The summed E-state index contributed by atoms with van der Waals surface area (Å²) in [6.07, 6.45) is 33.3. The van der Waals surface area contributed by atoms with Crippen molar-refractivity contribution in [3.05, 3.63) is 0 Å². The smallest absolute Gasteiger partial charge is 0.308 e. The molecule has 0 aromatic carbocycles. The highest BCUT2D eigenvalue weighted by Crippen LogP contribution is 2.59. The van der Waals surface area contributed by atoms with Crippen LogP contribution in [0, 0.1) is 47.3 Å². The van der Waals surface area contributed by atoms with E-state index >= 15 is 0 Å². The zero-order valence-electron chi connectivity index (χ0n) is 52.2. The van der Waals surface area contributed by atoms with Gasteiger partial charge in [-0.15, -0.1) is 0 Å². The van der Waals surface area contributed by atoms with Crippen LogP contribution >= 0.6 is 63.1 Å². The van der Waals surface area contributed by atoms with Crippen LogP contribution in [-0.2, 0) is 71.3 Å². The predicted octanol–water partition coefficient (Wildman–Crippen LogP) is 13.3. The van der Waals surface area contributed by atoms with Gasteiger partial charge in [-0.2, -0.15) is 63.1 Å². The number of hydrogen-bond donors (Lipinski definition) is 6. The lowest BCUT2D eigenvalue weighted by molar-refractivity contribution is -0.231. The largest absolute Gasteiger partial charge is 0.438 e. The van der Waals surface area contributed by atoms with Crippen LogP contribution in [0.5, 0.6) is 0 Å². The predicted molar refractivity (Wildman–Crippen MR) is 346 cm³/mol. The van der Waals surface area contributed by atoms with Crippen molar-refractivity contribution in [1.29, 1.82) is 0 Å². The summed E-state index contributed by atoms with van der Waals surface area (Å²) in [5.41, 5.74) is -0.0608. The zero-order chi connectivity index (χ0) is 61.8. The van der Waals surface area contributed by atoms with Crippen LogP contribution in [0.4, 0.5) is 0 Å². The lowest BCUT2D eigenvalue weighted by Gasteiger charge is -2.59. The molecule has 9 aliphatic carbocycles. The fourth-order valence-electron chi connectivity index (χ4n) is 14.0. The average molecular weight is 1300 g/mol. The zero-order valence-corrected chi connectivity index (χ0v) is 56.6. The summed E-state index contributed by atoms with van der Waals surface area (Å²) in [6.45, 7) is 8.72. The van der Waals surface area contributed by atoms with Gasteiger partial charge in [0, 0.05) is 35.4 Å². The van der Waals surface area contributed by atoms with Crippen LogP contribution in [0.3, 0.4) is 0 Å². The van der Waals surface area contributed by atoms with E-state index in [1.54, 1.807) is 20.8 Å². The molecule has 4 bridgehead atoms. The van der Waals surface area contributed by atoms with Crippen molar-refractivity contribution in [3.8, 4) is 0 Å². The van der Waals surface area contributed by atoms with E-state index < -0.39 is 18.9 Å². The Morgan fingerprint density at radius 2 is 0.859 bits per heavy atom. The maximum absolute atomic E-state index is 11.3. The standard InChI is InChI=1S/C15H24O3S.C14H24O3S.C13H24O4S.2C11H20O3S/c1-15(18-9-17-14(16)2-3-19)12-5-10-4-11(7-12)8-13(15)6-10;15-14(7-8-18)17-10-16-13-6-5-11-3-1-2-4-12(11)9-13;1-10(17-13(15)6-7-18)16-9-12-4-2-11(8-14)3-5-12;2*1-9(14-11(12)7-8-15)13-10-5-3-2-4-6-10/h10-13,19H,2-9H2,1H3;11-13,18H,1-10H2;10-12,14,18H,2-9H2,1H3;2*9-10,15H,2-8H2,1H3. The summed E-state index contributed by atoms with van der Waals surface area (Å²) in [5, 5.41) is 9.05. The lowest BCUT2D eigenvalue weighted by atomic mass is 9.50. The maximum atomic E-state index is 11.3. The highest BCUT2D eigenvalue weighted by Gasteiger charge is 2.55. The molecule has 85 heavy (non-hydrogen) atoms. The molecule has 0 saturated heterocycles. The number of carbonyl (C=O) groups is 5. The summed E-state index contributed by atoms with van der Waals surface area (Å²) in [4.78, 5) is 56.0. The van der Waals surface area contributed by atoms with E-state index in [1.165, 1.54) is 103 Å². The van der Waals surface area contributed by atoms with E-state index in [2.05, 4.69) is 70.1 Å². The number of ether oxygens (including phenoxy) is 10. The summed E-state index contributed by atoms with van der Waals surface area (Å²) >= 11 is 19.9. The summed E-state index contributed by atoms with van der Waals surface area (Å²) in [5.74, 6) is 7.47. The first-order valence-corrected chi connectivity index (χ1v) is 35.9. The molecule has 1 N–H and O–H groups in total. The van der Waals surface area contributed by atoms with Gasteiger partial charge in [-0.25, -0.2) is 0 Å². The molecule has 6 unspecified atom stereocenters. The van der Waals surface area contributed by atoms with E-state index in [1.807, 2.05) is 0 Å². The molecule has 21 heteroatoms. The number of rotatable bonds is 27. The topological polar surface area (TPSA) is 198 Å². The highest BCUT2D eigenvalue weighted by atomic mass is 32.1. The molecule has 0 aromatic rings. The van der Waals surface area contributed by atoms with Crippen molar-refractivity contribution in [1.82, 2.24) is 0 Å². The molecule has 9 fully saturated rings. The Bertz CT molecular complexity index is 1760. The lowest BCUT2D eigenvalue weighted by Crippen LogP contribution is -2.57. The number of hydrogen-bond acceptors (Lipinski definition) is 21. The van der Waals surface area contributed by atoms with Crippen LogP contribution < -0.4 is 0 Å². The number of aliphatic hydroxyl groups is 1. The fraction of sp³-hybridized carbons (Fsp3) is 0.922. The number of thiol groups is 5. The molecule has 0 heterocycles. The van der Waals surface area contributed by atoms with Crippen molar-refractivity contribution < 1.29 is 76.4 Å². The molecule has 0 aliphatic heterocycles. The van der Waals surface area contributed by atoms with Crippen molar-refractivity contribution in [2.24, 2.45) is 47.3 Å². The highest BCUT2D eigenvalue weighted by molar-refractivity contribution is 7.80. The molecule has 0 aromatic heterocycles. The second-order valence-corrected chi connectivity index (χ2v) is 27.3. The maximum Gasteiger partial charge on any atom is 0.308 e. The molecule has 9 aliphatic rings. The van der Waals surface area contributed by atoms with E-state index in [4.69, 9.17) is 52.5 Å². The van der Waals surface area contributed by atoms with Gasteiger partial charge in [0.05, 0.1) is 62.6 Å². The van der Waals surface area contributed by atoms with Gasteiger partial charge in [-0.3, -0.25) is 24.0 Å². The molecular weight excluding hydrogens is 1190 g/mol. The Morgan fingerprint density at radius 1 is 0.447 bits per heavy atom. The van der Waals surface area contributed by atoms with E-state index in [-0.39, 0.29) is 61.2 Å². The van der Waals surface area contributed by atoms with E-state index in [0.717, 1.165) is 87.9 Å². The Balaban J connectivity index is 0.000000229. The molecule has 0 radical (unpaired) electrons. The molecule has 6 atom stereocenters. The van der Waals surface area contributed by atoms with Gasteiger partial charge in [0.25, 0.3) is 0 Å². The Kier molecular flexibility index (Phi) is 39.8. The fourth-order valence-corrected chi connectivity index (χ4v) is 14.9. The van der Waals surface area contributed by atoms with Gasteiger partial charge in [0.2, 0.25) is 0 Å².